The van der Waals surface area contributed by atoms with Gasteiger partial charge in [-0.3, -0.25) is 0 Å². The quantitative estimate of drug-likeness (QED) is 0.762. The minimum Gasteiger partial charge on any atom is -0.406 e. The smallest absolute Gasteiger partial charge is 0.406 e. The summed E-state index contributed by atoms with van der Waals surface area (Å²) in [4.78, 5) is 0. The third kappa shape index (κ3) is 7.06. The summed E-state index contributed by atoms with van der Waals surface area (Å²) in [6.45, 7) is 2.13. The van der Waals surface area contributed by atoms with Gasteiger partial charge in [-0.2, -0.15) is 0 Å². The van der Waals surface area contributed by atoms with E-state index in [-0.39, 0.29) is 11.8 Å². The van der Waals surface area contributed by atoms with Crippen LogP contribution in [0.5, 0.6) is 5.75 Å². The van der Waals surface area contributed by atoms with Crippen LogP contribution in [0.1, 0.15) is 38.2 Å². The Morgan fingerprint density at radius 2 is 1.79 bits per heavy atom. The van der Waals surface area contributed by atoms with E-state index in [1.54, 1.807) is 12.1 Å². The molecule has 0 heterocycles. The molecule has 19 heavy (non-hydrogen) atoms. The average molecular weight is 275 g/mol. The Kier molecular flexibility index (Phi) is 6.15. The fourth-order valence-corrected chi connectivity index (χ4v) is 1.89. The minimum absolute atomic E-state index is 0.0564. The van der Waals surface area contributed by atoms with Crippen molar-refractivity contribution in [1.82, 2.24) is 0 Å². The summed E-state index contributed by atoms with van der Waals surface area (Å²) in [6.07, 6.45) is 0.373. The summed E-state index contributed by atoms with van der Waals surface area (Å²) in [5.41, 5.74) is 6.90. The molecule has 1 unspecified atom stereocenters. The van der Waals surface area contributed by atoms with E-state index in [9.17, 15) is 13.2 Å². The van der Waals surface area contributed by atoms with Crippen molar-refractivity contribution in [3.8, 4) is 5.75 Å². The van der Waals surface area contributed by atoms with Gasteiger partial charge >= 0.3 is 6.36 Å². The van der Waals surface area contributed by atoms with Crippen molar-refractivity contribution in [2.75, 3.05) is 0 Å². The van der Waals surface area contributed by atoms with Gasteiger partial charge in [0.1, 0.15) is 5.75 Å². The fourth-order valence-electron chi connectivity index (χ4n) is 1.89. The maximum atomic E-state index is 12.0. The highest BCUT2D eigenvalue weighted by Gasteiger charge is 2.30. The Hall–Kier alpha value is -1.23. The van der Waals surface area contributed by atoms with Crippen molar-refractivity contribution in [2.24, 2.45) is 5.73 Å². The molecule has 108 valence electrons. The van der Waals surface area contributed by atoms with E-state index in [0.717, 1.165) is 31.2 Å². The number of rotatable bonds is 7. The normalized spacial score (nSPS) is 13.3. The van der Waals surface area contributed by atoms with Crippen LogP contribution in [0.4, 0.5) is 13.2 Å². The lowest BCUT2D eigenvalue weighted by Crippen LogP contribution is -2.22. The average Bonchev–Trinajstić information content (AvgIpc) is 2.30. The number of halogens is 3. The van der Waals surface area contributed by atoms with Gasteiger partial charge in [-0.05, 0) is 30.5 Å². The third-order valence-electron chi connectivity index (χ3n) is 2.83. The maximum absolute atomic E-state index is 12.0. The number of nitrogens with two attached hydrogens (primary N) is 1. The molecule has 0 aliphatic heterocycles. The predicted molar refractivity (Wildman–Crippen MR) is 68.9 cm³/mol. The van der Waals surface area contributed by atoms with E-state index in [1.807, 2.05) is 0 Å². The number of benzene rings is 1. The summed E-state index contributed by atoms with van der Waals surface area (Å²) >= 11 is 0. The van der Waals surface area contributed by atoms with Crippen molar-refractivity contribution >= 4 is 0 Å². The molecule has 2 N–H and O–H groups in total. The summed E-state index contributed by atoms with van der Waals surface area (Å²) in [5, 5.41) is 0. The van der Waals surface area contributed by atoms with Gasteiger partial charge in [0.15, 0.2) is 0 Å². The van der Waals surface area contributed by atoms with Crippen molar-refractivity contribution in [3.05, 3.63) is 29.8 Å². The highest BCUT2D eigenvalue weighted by atomic mass is 19.4. The highest BCUT2D eigenvalue weighted by molar-refractivity contribution is 5.27. The number of unbranched alkanes of at least 4 members (excludes halogenated alkanes) is 2. The lowest BCUT2D eigenvalue weighted by atomic mass is 10.0. The van der Waals surface area contributed by atoms with Crippen LogP contribution in [-0.4, -0.2) is 12.4 Å². The molecule has 0 saturated heterocycles. The summed E-state index contributed by atoms with van der Waals surface area (Å²) in [7, 11) is 0. The first-order chi connectivity index (χ1) is 8.90. The summed E-state index contributed by atoms with van der Waals surface area (Å²) in [6, 6.07) is 5.95. The number of hydrogen-bond donors (Lipinski definition) is 1. The molecular formula is C14H20F3NO. The number of ether oxygens (including phenoxy) is 1. The Morgan fingerprint density at radius 1 is 1.16 bits per heavy atom. The SMILES string of the molecule is CCCCCC(N)Cc1ccc(OC(F)(F)F)cc1. The third-order valence-corrected chi connectivity index (χ3v) is 2.83. The largest absolute Gasteiger partial charge is 0.573 e. The molecule has 5 heteroatoms. The van der Waals surface area contributed by atoms with Gasteiger partial charge in [0.25, 0.3) is 0 Å². The van der Waals surface area contributed by atoms with Crippen LogP contribution < -0.4 is 10.5 Å². The second-order valence-electron chi connectivity index (χ2n) is 4.65. The van der Waals surface area contributed by atoms with Crippen molar-refractivity contribution < 1.29 is 17.9 Å². The van der Waals surface area contributed by atoms with Crippen LogP contribution >= 0.6 is 0 Å². The van der Waals surface area contributed by atoms with Crippen LogP contribution in [0.3, 0.4) is 0 Å². The Labute approximate surface area is 111 Å². The molecule has 0 fully saturated rings. The van der Waals surface area contributed by atoms with Crippen LogP contribution in [0, 0.1) is 0 Å². The zero-order chi connectivity index (χ0) is 14.3. The Balaban J connectivity index is 2.43. The predicted octanol–water partition coefficient (Wildman–Crippen LogP) is 4.04. The lowest BCUT2D eigenvalue weighted by molar-refractivity contribution is -0.274. The van der Waals surface area contributed by atoms with Crippen molar-refractivity contribution in [3.63, 3.8) is 0 Å². The number of alkyl halides is 3. The van der Waals surface area contributed by atoms with E-state index in [1.165, 1.54) is 12.1 Å². The second kappa shape index (κ2) is 7.38. The van der Waals surface area contributed by atoms with E-state index < -0.39 is 6.36 Å². The van der Waals surface area contributed by atoms with Gasteiger partial charge < -0.3 is 10.5 Å². The van der Waals surface area contributed by atoms with E-state index >= 15 is 0 Å². The van der Waals surface area contributed by atoms with E-state index in [4.69, 9.17) is 5.73 Å². The number of hydrogen-bond acceptors (Lipinski definition) is 2. The van der Waals surface area contributed by atoms with Gasteiger partial charge in [0.2, 0.25) is 0 Å². The van der Waals surface area contributed by atoms with Gasteiger partial charge in [-0.15, -0.1) is 13.2 Å². The van der Waals surface area contributed by atoms with Crippen LogP contribution in [-0.2, 0) is 6.42 Å². The minimum atomic E-state index is -4.64. The Bertz CT molecular complexity index is 362. The zero-order valence-corrected chi connectivity index (χ0v) is 11.0. The maximum Gasteiger partial charge on any atom is 0.573 e. The molecule has 2 nitrogen and oxygen atoms in total. The molecule has 0 spiro atoms. The highest BCUT2D eigenvalue weighted by Crippen LogP contribution is 2.23. The van der Waals surface area contributed by atoms with E-state index in [0.29, 0.717) is 6.42 Å². The van der Waals surface area contributed by atoms with Crippen LogP contribution in [0.25, 0.3) is 0 Å². The van der Waals surface area contributed by atoms with Crippen molar-refractivity contribution in [2.45, 2.75) is 51.4 Å². The summed E-state index contributed by atoms with van der Waals surface area (Å²) < 4.78 is 39.8. The second-order valence-corrected chi connectivity index (χ2v) is 4.65. The molecule has 1 atom stereocenters. The summed E-state index contributed by atoms with van der Waals surface area (Å²) in [5.74, 6) is -0.198. The molecule has 0 saturated carbocycles. The molecule has 0 amide bonds. The molecule has 0 aliphatic carbocycles. The molecular weight excluding hydrogens is 255 g/mol. The molecule has 1 aromatic carbocycles. The fraction of sp³-hybridized carbons (Fsp3) is 0.571. The standard InChI is InChI=1S/C14H20F3NO/c1-2-3-4-5-12(18)10-11-6-8-13(9-7-11)19-14(15,16)17/h6-9,12H,2-5,10,18H2,1H3. The first-order valence-corrected chi connectivity index (χ1v) is 6.51. The van der Waals surface area contributed by atoms with Gasteiger partial charge in [-0.1, -0.05) is 38.3 Å². The first kappa shape index (κ1) is 15.8. The molecule has 0 aliphatic rings. The monoisotopic (exact) mass is 275 g/mol. The molecule has 0 bridgehead atoms. The van der Waals surface area contributed by atoms with Gasteiger partial charge in [-0.25, -0.2) is 0 Å². The molecule has 1 rings (SSSR count). The topological polar surface area (TPSA) is 35.2 Å². The zero-order valence-electron chi connectivity index (χ0n) is 11.0. The van der Waals surface area contributed by atoms with Gasteiger partial charge in [0.05, 0.1) is 0 Å². The first-order valence-electron chi connectivity index (χ1n) is 6.51. The molecule has 0 aromatic heterocycles. The molecule has 1 aromatic rings. The van der Waals surface area contributed by atoms with E-state index in [2.05, 4.69) is 11.7 Å². The lowest BCUT2D eigenvalue weighted by Gasteiger charge is -2.12. The Morgan fingerprint density at radius 3 is 2.32 bits per heavy atom. The van der Waals surface area contributed by atoms with Gasteiger partial charge in [0, 0.05) is 6.04 Å². The van der Waals surface area contributed by atoms with Crippen molar-refractivity contribution in [1.29, 1.82) is 0 Å². The van der Waals surface area contributed by atoms with Crippen LogP contribution in [0.15, 0.2) is 24.3 Å². The van der Waals surface area contributed by atoms with Crippen LogP contribution in [0.2, 0.25) is 0 Å². The molecule has 0 radical (unpaired) electrons.